The van der Waals surface area contributed by atoms with Gasteiger partial charge in [-0.05, 0) is 11.6 Å². The maximum Gasteiger partial charge on any atom is 0.224 e. The second-order valence-corrected chi connectivity index (χ2v) is 4.54. The van der Waals surface area contributed by atoms with Crippen molar-refractivity contribution in [2.45, 2.75) is 19.0 Å². The Kier molecular flexibility index (Phi) is 9.50. The van der Waals surface area contributed by atoms with Crippen LogP contribution in [0.15, 0.2) is 24.5 Å². The molecule has 1 amide bonds. The van der Waals surface area contributed by atoms with Crippen LogP contribution >= 0.6 is 24.8 Å². The average Bonchev–Trinajstić information content (AvgIpc) is 2.41. The highest BCUT2D eigenvalue weighted by Crippen LogP contribution is 2.05. The fourth-order valence-corrected chi connectivity index (χ4v) is 1.97. The molecule has 0 aliphatic carbocycles. The topological polar surface area (TPSA) is 54.5 Å². The Morgan fingerprint density at radius 3 is 2.95 bits per heavy atom. The van der Waals surface area contributed by atoms with Crippen LogP contribution in [0, 0.1) is 0 Å². The normalized spacial score (nSPS) is 17.6. The first-order valence-electron chi connectivity index (χ1n) is 6.19. The summed E-state index contributed by atoms with van der Waals surface area (Å²) in [5, 5.41) is 3.28. The van der Waals surface area contributed by atoms with Gasteiger partial charge in [0, 0.05) is 45.0 Å². The van der Waals surface area contributed by atoms with E-state index in [0.29, 0.717) is 19.6 Å². The summed E-state index contributed by atoms with van der Waals surface area (Å²) in [6.45, 7) is 2.77. The van der Waals surface area contributed by atoms with Gasteiger partial charge >= 0.3 is 0 Å². The maximum atomic E-state index is 12.0. The van der Waals surface area contributed by atoms with Gasteiger partial charge in [-0.25, -0.2) is 0 Å². The van der Waals surface area contributed by atoms with Crippen LogP contribution in [0.1, 0.15) is 12.0 Å². The van der Waals surface area contributed by atoms with Gasteiger partial charge in [-0.2, -0.15) is 0 Å². The minimum atomic E-state index is 0. The summed E-state index contributed by atoms with van der Waals surface area (Å²) >= 11 is 0. The first-order valence-corrected chi connectivity index (χ1v) is 6.19. The van der Waals surface area contributed by atoms with E-state index in [9.17, 15) is 4.79 Å². The number of hydrogen-bond donors (Lipinski definition) is 1. The zero-order chi connectivity index (χ0) is 12.8. The number of ether oxygens (including phenoxy) is 1. The predicted molar refractivity (Wildman–Crippen MR) is 82.4 cm³/mol. The van der Waals surface area contributed by atoms with Gasteiger partial charge in [0.05, 0.1) is 13.2 Å². The molecule has 1 aliphatic rings. The monoisotopic (exact) mass is 321 g/mol. The Balaban J connectivity index is 0.00000180. The van der Waals surface area contributed by atoms with Crippen molar-refractivity contribution in [2.24, 2.45) is 0 Å². The largest absolute Gasteiger partial charge is 0.378 e. The molecule has 1 aliphatic heterocycles. The molecule has 1 aromatic heterocycles. The number of amides is 1. The number of hydrogen-bond acceptors (Lipinski definition) is 4. The van der Waals surface area contributed by atoms with E-state index < -0.39 is 0 Å². The molecule has 1 aromatic rings. The number of nitrogens with zero attached hydrogens (tertiary/aromatic N) is 2. The molecule has 20 heavy (non-hydrogen) atoms. The minimum Gasteiger partial charge on any atom is -0.378 e. The van der Waals surface area contributed by atoms with Crippen molar-refractivity contribution in [1.29, 1.82) is 0 Å². The van der Waals surface area contributed by atoms with E-state index in [1.54, 1.807) is 17.3 Å². The molecule has 0 bridgehead atoms. The predicted octanol–water partition coefficient (Wildman–Crippen LogP) is 1.26. The fourth-order valence-electron chi connectivity index (χ4n) is 1.97. The van der Waals surface area contributed by atoms with Gasteiger partial charge in [0.2, 0.25) is 5.91 Å². The zero-order valence-electron chi connectivity index (χ0n) is 11.4. The molecule has 5 nitrogen and oxygen atoms in total. The summed E-state index contributed by atoms with van der Waals surface area (Å²) in [6.07, 6.45) is 4.00. The van der Waals surface area contributed by atoms with Crippen LogP contribution in [-0.4, -0.2) is 48.6 Å². The van der Waals surface area contributed by atoms with Crippen LogP contribution in [-0.2, 0) is 16.1 Å². The van der Waals surface area contributed by atoms with Crippen molar-refractivity contribution in [3.63, 3.8) is 0 Å². The Bertz CT molecular complexity index is 386. The second-order valence-electron chi connectivity index (χ2n) is 4.54. The second kappa shape index (κ2) is 9.94. The molecule has 1 atom stereocenters. The Hall–Kier alpha value is -0.880. The smallest absolute Gasteiger partial charge is 0.224 e. The number of pyridine rings is 1. The van der Waals surface area contributed by atoms with Crippen LogP contribution in [0.4, 0.5) is 0 Å². The number of carbonyl (C=O) groups is 1. The number of carbonyl (C=O) groups excluding carboxylic acids is 1. The molecule has 1 unspecified atom stereocenters. The third-order valence-corrected chi connectivity index (χ3v) is 2.99. The molecule has 1 fully saturated rings. The molecule has 0 radical (unpaired) electrons. The van der Waals surface area contributed by atoms with Crippen molar-refractivity contribution in [3.05, 3.63) is 30.1 Å². The third-order valence-electron chi connectivity index (χ3n) is 2.99. The SMILES string of the molecule is CN(Cc1cccnc1)C(=O)CC1COCCN1.Cl.Cl. The van der Waals surface area contributed by atoms with Gasteiger partial charge < -0.3 is 15.0 Å². The van der Waals surface area contributed by atoms with E-state index in [2.05, 4.69) is 10.3 Å². The van der Waals surface area contributed by atoms with E-state index in [1.807, 2.05) is 19.2 Å². The quantitative estimate of drug-likeness (QED) is 0.907. The number of halogens is 2. The molecular weight excluding hydrogens is 301 g/mol. The van der Waals surface area contributed by atoms with E-state index in [4.69, 9.17) is 4.74 Å². The molecule has 7 heteroatoms. The standard InChI is InChI=1S/C13H19N3O2.2ClH/c1-16(9-11-3-2-4-14-8-11)13(17)7-12-10-18-6-5-15-12;;/h2-4,8,12,15H,5-7,9-10H2,1H3;2*1H. The maximum absolute atomic E-state index is 12.0. The van der Waals surface area contributed by atoms with Crippen molar-refractivity contribution in [1.82, 2.24) is 15.2 Å². The Morgan fingerprint density at radius 1 is 1.55 bits per heavy atom. The van der Waals surface area contributed by atoms with Gasteiger partial charge in [0.15, 0.2) is 0 Å². The van der Waals surface area contributed by atoms with Gasteiger partial charge in [-0.15, -0.1) is 24.8 Å². The molecule has 1 saturated heterocycles. The molecule has 114 valence electrons. The van der Waals surface area contributed by atoms with Crippen LogP contribution in [0.2, 0.25) is 0 Å². The Labute approximate surface area is 131 Å². The molecule has 2 rings (SSSR count). The first kappa shape index (κ1) is 19.1. The number of rotatable bonds is 4. The highest BCUT2D eigenvalue weighted by Gasteiger charge is 2.19. The van der Waals surface area contributed by atoms with Gasteiger partial charge in [-0.1, -0.05) is 6.07 Å². The summed E-state index contributed by atoms with van der Waals surface area (Å²) in [6, 6.07) is 3.99. The third kappa shape index (κ3) is 6.05. The van der Waals surface area contributed by atoms with Crippen LogP contribution in [0.5, 0.6) is 0 Å². The van der Waals surface area contributed by atoms with Gasteiger partial charge in [0.25, 0.3) is 0 Å². The van der Waals surface area contributed by atoms with E-state index >= 15 is 0 Å². The molecule has 0 aromatic carbocycles. The summed E-state index contributed by atoms with van der Waals surface area (Å²) in [4.78, 5) is 17.8. The zero-order valence-corrected chi connectivity index (χ0v) is 13.1. The lowest BCUT2D eigenvalue weighted by atomic mass is 10.1. The van der Waals surface area contributed by atoms with E-state index in [1.165, 1.54) is 0 Å². The average molecular weight is 322 g/mol. The van der Waals surface area contributed by atoms with E-state index in [0.717, 1.165) is 18.7 Å². The van der Waals surface area contributed by atoms with Crippen LogP contribution < -0.4 is 5.32 Å². The fraction of sp³-hybridized carbons (Fsp3) is 0.538. The highest BCUT2D eigenvalue weighted by atomic mass is 35.5. The van der Waals surface area contributed by atoms with Crippen LogP contribution in [0.25, 0.3) is 0 Å². The lowest BCUT2D eigenvalue weighted by molar-refractivity contribution is -0.131. The molecular formula is C13H21Cl2N3O2. The summed E-state index contributed by atoms with van der Waals surface area (Å²) in [5.41, 5.74) is 1.04. The van der Waals surface area contributed by atoms with Gasteiger partial charge in [0.1, 0.15) is 0 Å². The first-order chi connectivity index (χ1) is 8.75. The number of morpholine rings is 1. The summed E-state index contributed by atoms with van der Waals surface area (Å²) in [5.74, 6) is 0.127. The van der Waals surface area contributed by atoms with Gasteiger partial charge in [-0.3, -0.25) is 9.78 Å². The number of nitrogens with one attached hydrogen (secondary N) is 1. The lowest BCUT2D eigenvalue weighted by Gasteiger charge is -2.25. The van der Waals surface area contributed by atoms with Crippen molar-refractivity contribution >= 4 is 30.7 Å². The minimum absolute atomic E-state index is 0. The van der Waals surface area contributed by atoms with Crippen molar-refractivity contribution in [2.75, 3.05) is 26.8 Å². The van der Waals surface area contributed by atoms with Crippen LogP contribution in [0.3, 0.4) is 0 Å². The van der Waals surface area contributed by atoms with Crippen molar-refractivity contribution in [3.8, 4) is 0 Å². The number of aromatic nitrogens is 1. The van der Waals surface area contributed by atoms with E-state index in [-0.39, 0.29) is 36.8 Å². The lowest BCUT2D eigenvalue weighted by Crippen LogP contribution is -2.44. The molecule has 1 N–H and O–H groups in total. The summed E-state index contributed by atoms with van der Waals surface area (Å²) < 4.78 is 5.34. The summed E-state index contributed by atoms with van der Waals surface area (Å²) in [7, 11) is 1.82. The Morgan fingerprint density at radius 2 is 2.35 bits per heavy atom. The molecule has 2 heterocycles. The van der Waals surface area contributed by atoms with Crippen molar-refractivity contribution < 1.29 is 9.53 Å². The molecule has 0 saturated carbocycles. The molecule has 0 spiro atoms. The highest BCUT2D eigenvalue weighted by molar-refractivity contribution is 5.85.